The molecule has 12 fully saturated rings. The van der Waals surface area contributed by atoms with E-state index in [9.17, 15) is 28.8 Å². The molecule has 12 aliphatic carbocycles. The monoisotopic (exact) mass is 588 g/mol. The largest absolute Gasteiger partial charge is 0.468 e. The first kappa shape index (κ1) is 22.4. The van der Waals surface area contributed by atoms with Crippen LogP contribution in [-0.4, -0.2) is 59.8 Å². The smallest absolute Gasteiger partial charge is 0.392 e. The SMILES string of the molecule is COC(=O)C12[C@@H]3C4C5[C@H]1[C@H]1[C@@H]6[C@@H]7C8C9[C@H]([C@H]3[C@H]3[C@@H]9C7(OC(=O)C(=O)Cl)C(C(=O)OC)([C@@H]56)[C@@H]43)C2(OC(=O)C(=O)Cl)[C@H]81. The average Bonchev–Trinajstić information content (AvgIpc) is 3.72. The predicted octanol–water partition coefficient (Wildman–Crippen LogP) is 0.409. The van der Waals surface area contributed by atoms with Gasteiger partial charge >= 0.3 is 34.4 Å². The minimum absolute atomic E-state index is 0.0437. The zero-order chi connectivity index (χ0) is 27.5. The third-order valence-electron chi connectivity index (χ3n) is 15.7. The number of hydrogen-bond donors (Lipinski definition) is 0. The second kappa shape index (κ2) is 5.60. The molecule has 40 heavy (non-hydrogen) atoms. The van der Waals surface area contributed by atoms with Gasteiger partial charge in [0, 0.05) is 23.7 Å². The molecule has 12 heteroatoms. The summed E-state index contributed by atoms with van der Waals surface area (Å²) in [4.78, 5) is 78.9. The molecule has 0 spiro atoms. The minimum Gasteiger partial charge on any atom is -0.468 e. The maximum atomic E-state index is 14.3. The van der Waals surface area contributed by atoms with Gasteiger partial charge in [-0.15, -0.1) is 0 Å². The van der Waals surface area contributed by atoms with E-state index in [0.717, 1.165) is 0 Å². The van der Waals surface area contributed by atoms with Crippen LogP contribution in [0.4, 0.5) is 0 Å². The van der Waals surface area contributed by atoms with Crippen molar-refractivity contribution in [2.45, 2.75) is 11.2 Å². The molecule has 0 aliphatic heterocycles. The van der Waals surface area contributed by atoms with Crippen molar-refractivity contribution in [1.29, 1.82) is 0 Å². The molecule has 0 saturated heterocycles. The first-order valence-electron chi connectivity index (χ1n) is 14.1. The van der Waals surface area contributed by atoms with Crippen LogP contribution in [0, 0.1) is 106 Å². The van der Waals surface area contributed by atoms with Crippen LogP contribution in [-0.2, 0) is 47.7 Å². The van der Waals surface area contributed by atoms with Gasteiger partial charge in [0.1, 0.15) is 22.0 Å². The highest BCUT2D eigenvalue weighted by molar-refractivity contribution is 6.80. The molecule has 0 aromatic rings. The van der Waals surface area contributed by atoms with Crippen LogP contribution in [0.1, 0.15) is 0 Å². The van der Waals surface area contributed by atoms with Crippen molar-refractivity contribution in [2.24, 2.45) is 106 Å². The van der Waals surface area contributed by atoms with Crippen LogP contribution in [0.5, 0.6) is 0 Å². The number of carbonyl (C=O) groups excluding carboxylic acids is 6. The van der Waals surface area contributed by atoms with Crippen molar-refractivity contribution in [2.75, 3.05) is 14.2 Å². The Labute approximate surface area is 236 Å². The fraction of sp³-hybridized carbons (Fsp3) is 0.786. The van der Waals surface area contributed by atoms with Gasteiger partial charge in [-0.2, -0.15) is 0 Å². The molecule has 12 rings (SSSR count). The van der Waals surface area contributed by atoms with Crippen LogP contribution < -0.4 is 0 Å². The predicted molar refractivity (Wildman–Crippen MR) is 124 cm³/mol. The first-order valence-corrected chi connectivity index (χ1v) is 14.9. The molecule has 0 heterocycles. The Bertz CT molecular complexity index is 1370. The summed E-state index contributed by atoms with van der Waals surface area (Å²) in [6.45, 7) is 0. The number of ether oxygens (including phenoxy) is 4. The van der Waals surface area contributed by atoms with E-state index in [1.165, 1.54) is 14.2 Å². The Balaban J connectivity index is 1.26. The third kappa shape index (κ3) is 1.37. The van der Waals surface area contributed by atoms with E-state index in [1.807, 2.05) is 0 Å². The molecule has 0 aromatic carbocycles. The Kier molecular flexibility index (Phi) is 3.13. The first-order chi connectivity index (χ1) is 19.1. The summed E-state index contributed by atoms with van der Waals surface area (Å²) in [5.41, 5.74) is -4.61. The molecule has 0 aromatic heterocycles. The van der Waals surface area contributed by atoms with Gasteiger partial charge in [-0.3, -0.25) is 19.2 Å². The molecule has 20 atom stereocenters. The fourth-order valence-corrected chi connectivity index (χ4v) is 17.5. The van der Waals surface area contributed by atoms with Crippen molar-refractivity contribution in [3.05, 3.63) is 0 Å². The van der Waals surface area contributed by atoms with Gasteiger partial charge < -0.3 is 18.9 Å². The lowest BCUT2D eigenvalue weighted by atomic mass is 9.59. The molecule has 0 bridgehead atoms. The minimum atomic E-state index is -1.22. The molecule has 12 aliphatic rings. The summed E-state index contributed by atoms with van der Waals surface area (Å²) in [7, 11) is 2.74. The van der Waals surface area contributed by atoms with Gasteiger partial charge in [-0.25, -0.2) is 9.59 Å². The Morgan fingerprint density at radius 3 is 0.975 bits per heavy atom. The zero-order valence-electron chi connectivity index (χ0n) is 21.1. The summed E-state index contributed by atoms with van der Waals surface area (Å²) in [5, 5.41) is -2.44. The van der Waals surface area contributed by atoms with E-state index in [1.54, 1.807) is 0 Å². The highest BCUT2D eigenvalue weighted by atomic mass is 35.5. The lowest BCUT2D eigenvalue weighted by Gasteiger charge is -2.49. The Morgan fingerprint density at radius 2 is 0.725 bits per heavy atom. The van der Waals surface area contributed by atoms with Crippen LogP contribution in [0.3, 0.4) is 0 Å². The summed E-state index contributed by atoms with van der Waals surface area (Å²) in [6, 6.07) is 0. The maximum Gasteiger partial charge on any atom is 0.392 e. The van der Waals surface area contributed by atoms with Gasteiger partial charge in [-0.05, 0) is 94.2 Å². The number of carbonyl (C=O) groups is 6. The molecular formula is C28H22Cl2O10. The number of hydrogen-bond acceptors (Lipinski definition) is 10. The third-order valence-corrected chi connectivity index (χ3v) is 16.0. The highest BCUT2D eigenvalue weighted by Crippen LogP contribution is 3.08. The van der Waals surface area contributed by atoms with Gasteiger partial charge in [0.05, 0.1) is 14.2 Å². The molecule has 10 nitrogen and oxygen atoms in total. The Morgan fingerprint density at radius 1 is 0.475 bits per heavy atom. The summed E-state index contributed by atoms with van der Waals surface area (Å²) < 4.78 is 23.9. The zero-order valence-corrected chi connectivity index (χ0v) is 22.6. The lowest BCUT2D eigenvalue weighted by molar-refractivity contribution is -0.210. The molecule has 8 unspecified atom stereocenters. The number of esters is 4. The second-order valence-electron chi connectivity index (χ2n) is 14.5. The topological polar surface area (TPSA) is 139 Å². The Hall–Kier alpha value is -2.20. The standard InChI is InChI=1S/C28H22Cl2O10/c1-37-23(35)25-11-3-4-12(25)6-8-14(4)26(24(36)38-2)13(3)7-5(11)15-9-10(16(6)27(15,25)39-21(33)19(29)31)18(8)28(26,17(7)9)40-22(34)20(30)32/h3-18H,1-2H3/t3?,4?,5-,6+,7+,8-,9?,10?,11-,12-,13-,14+,15+,16-,17-,18-,25?,26?,27?,28?/m0/s1. The molecular weight excluding hydrogens is 567 g/mol. The van der Waals surface area contributed by atoms with E-state index in [-0.39, 0.29) is 107 Å². The van der Waals surface area contributed by atoms with Gasteiger partial charge in [-0.1, -0.05) is 0 Å². The molecule has 208 valence electrons. The number of methoxy groups -OCH3 is 2. The van der Waals surface area contributed by atoms with E-state index in [4.69, 9.17) is 42.1 Å². The number of rotatable bonds is 6. The van der Waals surface area contributed by atoms with Crippen molar-refractivity contribution in [3.8, 4) is 0 Å². The van der Waals surface area contributed by atoms with Crippen molar-refractivity contribution in [1.82, 2.24) is 0 Å². The number of halogens is 2. The van der Waals surface area contributed by atoms with Crippen LogP contribution in [0.2, 0.25) is 0 Å². The molecule has 0 N–H and O–H groups in total. The average molecular weight is 589 g/mol. The van der Waals surface area contributed by atoms with Crippen LogP contribution in [0.25, 0.3) is 0 Å². The van der Waals surface area contributed by atoms with Crippen LogP contribution in [0.15, 0.2) is 0 Å². The summed E-state index contributed by atoms with van der Waals surface area (Å²) >= 11 is 11.4. The quantitative estimate of drug-likeness (QED) is 0.185. The van der Waals surface area contributed by atoms with Crippen molar-refractivity contribution in [3.63, 3.8) is 0 Å². The van der Waals surface area contributed by atoms with Crippen molar-refractivity contribution < 1.29 is 47.7 Å². The molecule has 12 saturated carbocycles. The summed E-state index contributed by atoms with van der Waals surface area (Å²) in [5.74, 6) is -5.32. The van der Waals surface area contributed by atoms with Gasteiger partial charge in [0.25, 0.3) is 0 Å². The van der Waals surface area contributed by atoms with E-state index >= 15 is 0 Å². The highest BCUT2D eigenvalue weighted by Gasteiger charge is 3.13. The normalized spacial score (nSPS) is 66.5. The van der Waals surface area contributed by atoms with Gasteiger partial charge in [0.2, 0.25) is 0 Å². The lowest BCUT2D eigenvalue weighted by Crippen LogP contribution is -2.62. The van der Waals surface area contributed by atoms with E-state index < -0.39 is 44.5 Å². The molecule has 0 radical (unpaired) electrons. The maximum absolute atomic E-state index is 14.3. The second-order valence-corrected chi connectivity index (χ2v) is 15.1. The van der Waals surface area contributed by atoms with E-state index in [2.05, 4.69) is 0 Å². The fourth-order valence-electron chi connectivity index (χ4n) is 17.4. The van der Waals surface area contributed by atoms with E-state index in [0.29, 0.717) is 0 Å². The molecule has 0 amide bonds. The summed E-state index contributed by atoms with van der Waals surface area (Å²) in [6.07, 6.45) is 0. The van der Waals surface area contributed by atoms with Gasteiger partial charge in [0.15, 0.2) is 0 Å². The van der Waals surface area contributed by atoms with Crippen LogP contribution >= 0.6 is 23.2 Å². The van der Waals surface area contributed by atoms with Crippen molar-refractivity contribution >= 4 is 57.6 Å².